The van der Waals surface area contributed by atoms with Gasteiger partial charge in [-0.25, -0.2) is 0 Å². The van der Waals surface area contributed by atoms with Gasteiger partial charge in [0.1, 0.15) is 0 Å². The fraction of sp³-hybridized carbons (Fsp3) is 0.738. The Hall–Kier alpha value is -1.91. The molecule has 4 nitrogen and oxygen atoms in total. The molecule has 0 aromatic heterocycles. The molecule has 0 rings (SSSR count). The van der Waals surface area contributed by atoms with Gasteiger partial charge in [0.05, 0.1) is 18.8 Å². The van der Waals surface area contributed by atoms with Gasteiger partial charge in [0, 0.05) is 6.42 Å². The Balaban J connectivity index is 3.68. The highest BCUT2D eigenvalue weighted by atomic mass is 16.3. The topological polar surface area (TPSA) is 69.6 Å². The van der Waals surface area contributed by atoms with Crippen LogP contribution >= 0.6 is 0 Å². The van der Waals surface area contributed by atoms with Crippen LogP contribution in [0.25, 0.3) is 0 Å². The van der Waals surface area contributed by atoms with Gasteiger partial charge in [0.15, 0.2) is 0 Å². The van der Waals surface area contributed by atoms with E-state index in [-0.39, 0.29) is 12.5 Å². The number of hydrogen-bond donors (Lipinski definition) is 3. The largest absolute Gasteiger partial charge is 0.394 e. The van der Waals surface area contributed by atoms with Crippen molar-refractivity contribution in [2.45, 2.75) is 193 Å². The lowest BCUT2D eigenvalue weighted by Crippen LogP contribution is -2.45. The summed E-state index contributed by atoms with van der Waals surface area (Å²) in [5.74, 6) is -0.107. The highest BCUT2D eigenvalue weighted by Crippen LogP contribution is 2.14. The van der Waals surface area contributed by atoms with E-state index in [0.717, 1.165) is 57.8 Å². The molecule has 1 amide bonds. The third-order valence-corrected chi connectivity index (χ3v) is 8.51. The van der Waals surface area contributed by atoms with Crippen LogP contribution in [0.5, 0.6) is 0 Å². The van der Waals surface area contributed by atoms with Crippen molar-refractivity contribution in [1.82, 2.24) is 5.32 Å². The Bertz CT molecular complexity index is 782. The molecule has 2 unspecified atom stereocenters. The molecule has 0 aliphatic carbocycles. The van der Waals surface area contributed by atoms with Gasteiger partial charge >= 0.3 is 0 Å². The van der Waals surface area contributed by atoms with E-state index in [1.54, 1.807) is 6.08 Å². The van der Waals surface area contributed by atoms with Crippen molar-refractivity contribution in [2.75, 3.05) is 6.61 Å². The summed E-state index contributed by atoms with van der Waals surface area (Å²) < 4.78 is 0. The lowest BCUT2D eigenvalue weighted by atomic mass is 10.0. The zero-order valence-corrected chi connectivity index (χ0v) is 30.3. The molecular weight excluding hydrogens is 566 g/mol. The minimum atomic E-state index is -0.857. The molecule has 0 aromatic carbocycles. The average molecular weight is 642 g/mol. The molecule has 0 heterocycles. The molecule has 46 heavy (non-hydrogen) atoms. The Morgan fingerprint density at radius 3 is 1.43 bits per heavy atom. The van der Waals surface area contributed by atoms with Crippen LogP contribution in [0.1, 0.15) is 181 Å². The standard InChI is InChI=1S/C42H75NO3/c1-3-5-7-9-11-13-15-17-19-20-21-22-24-25-27-29-31-33-35-37-41(45)40(39-44)43-42(46)38-36-34-32-30-28-26-23-18-16-14-12-10-8-6-4-2/h6,8,12,14,18,23,28,30,35,37,40-41,44-45H,3-5,7,9-11,13,15-17,19-22,24-27,29,31-34,36,38-39H2,1-2H3,(H,43,46)/b8-6-,14-12-,23-18-,30-28-,37-35+. The first kappa shape index (κ1) is 44.1. The Morgan fingerprint density at radius 1 is 0.543 bits per heavy atom. The van der Waals surface area contributed by atoms with Gasteiger partial charge in [-0.1, -0.05) is 177 Å². The van der Waals surface area contributed by atoms with Crippen LogP contribution in [0.4, 0.5) is 0 Å². The van der Waals surface area contributed by atoms with E-state index in [1.807, 2.05) is 6.08 Å². The van der Waals surface area contributed by atoms with E-state index in [0.29, 0.717) is 6.42 Å². The summed E-state index contributed by atoms with van der Waals surface area (Å²) in [7, 11) is 0. The first-order chi connectivity index (χ1) is 22.7. The molecule has 3 N–H and O–H groups in total. The average Bonchev–Trinajstić information content (AvgIpc) is 3.06. The summed E-state index contributed by atoms with van der Waals surface area (Å²) in [6.45, 7) is 4.17. The second-order valence-electron chi connectivity index (χ2n) is 13.0. The summed E-state index contributed by atoms with van der Waals surface area (Å²) in [5.41, 5.74) is 0. The van der Waals surface area contributed by atoms with Crippen molar-refractivity contribution in [3.05, 3.63) is 60.8 Å². The molecule has 4 heteroatoms. The summed E-state index contributed by atoms with van der Waals surface area (Å²) in [4.78, 5) is 12.3. The highest BCUT2D eigenvalue weighted by Gasteiger charge is 2.17. The van der Waals surface area contributed by atoms with Crippen LogP contribution < -0.4 is 5.32 Å². The third kappa shape index (κ3) is 33.5. The van der Waals surface area contributed by atoms with Crippen molar-refractivity contribution in [2.24, 2.45) is 0 Å². The van der Waals surface area contributed by atoms with Crippen LogP contribution in [0.15, 0.2) is 60.8 Å². The lowest BCUT2D eigenvalue weighted by Gasteiger charge is -2.19. The zero-order valence-electron chi connectivity index (χ0n) is 30.3. The maximum absolute atomic E-state index is 12.3. The second-order valence-corrected chi connectivity index (χ2v) is 13.0. The summed E-state index contributed by atoms with van der Waals surface area (Å²) in [6, 6.07) is -0.645. The number of amides is 1. The number of rotatable bonds is 34. The SMILES string of the molecule is CC/C=C\C/C=C\C/C=C\C/C=C\CCCCC(=O)NC(CO)C(O)/C=C/CCCCCCCCCCCCCCCCCCC. The maximum Gasteiger partial charge on any atom is 0.220 e. The van der Waals surface area contributed by atoms with Gasteiger partial charge in [-0.3, -0.25) is 4.79 Å². The molecule has 0 radical (unpaired) electrons. The number of unbranched alkanes of at least 4 members (excludes halogenated alkanes) is 19. The fourth-order valence-corrected chi connectivity index (χ4v) is 5.52. The normalized spacial score (nSPS) is 13.7. The zero-order chi connectivity index (χ0) is 33.6. The van der Waals surface area contributed by atoms with Gasteiger partial charge in [-0.15, -0.1) is 0 Å². The van der Waals surface area contributed by atoms with Crippen molar-refractivity contribution >= 4 is 5.91 Å². The number of carbonyl (C=O) groups excluding carboxylic acids is 1. The van der Waals surface area contributed by atoms with E-state index >= 15 is 0 Å². The molecule has 0 bridgehead atoms. The van der Waals surface area contributed by atoms with Crippen LogP contribution in [0.3, 0.4) is 0 Å². The van der Waals surface area contributed by atoms with Gasteiger partial charge in [0.25, 0.3) is 0 Å². The van der Waals surface area contributed by atoms with Crippen molar-refractivity contribution < 1.29 is 15.0 Å². The third-order valence-electron chi connectivity index (χ3n) is 8.51. The molecule has 2 atom stereocenters. The minimum Gasteiger partial charge on any atom is -0.394 e. The predicted octanol–water partition coefficient (Wildman–Crippen LogP) is 11.8. The fourth-order valence-electron chi connectivity index (χ4n) is 5.52. The second kappa shape index (κ2) is 37.5. The van der Waals surface area contributed by atoms with Crippen LogP contribution in [-0.2, 0) is 4.79 Å². The van der Waals surface area contributed by atoms with Crippen LogP contribution in [0, 0.1) is 0 Å². The number of allylic oxidation sites excluding steroid dienone is 9. The van der Waals surface area contributed by atoms with Crippen molar-refractivity contribution in [3.63, 3.8) is 0 Å². The summed E-state index contributed by atoms with van der Waals surface area (Å²) in [5, 5.41) is 22.9. The number of aliphatic hydroxyl groups is 2. The minimum absolute atomic E-state index is 0.107. The van der Waals surface area contributed by atoms with Crippen LogP contribution in [-0.4, -0.2) is 34.9 Å². The highest BCUT2D eigenvalue weighted by molar-refractivity contribution is 5.76. The Labute approximate surface area is 286 Å². The van der Waals surface area contributed by atoms with Gasteiger partial charge in [-0.2, -0.15) is 0 Å². The smallest absolute Gasteiger partial charge is 0.220 e. The molecule has 0 aliphatic rings. The molecule has 0 aromatic rings. The van der Waals surface area contributed by atoms with E-state index in [2.05, 4.69) is 67.8 Å². The molecule has 0 saturated heterocycles. The predicted molar refractivity (Wildman–Crippen MR) is 202 cm³/mol. The van der Waals surface area contributed by atoms with E-state index in [1.165, 1.54) is 103 Å². The first-order valence-corrected chi connectivity index (χ1v) is 19.5. The first-order valence-electron chi connectivity index (χ1n) is 19.5. The molecular formula is C42H75NO3. The summed E-state index contributed by atoms with van der Waals surface area (Å²) >= 11 is 0. The molecule has 0 fully saturated rings. The quantitative estimate of drug-likeness (QED) is 0.0483. The van der Waals surface area contributed by atoms with Gasteiger partial charge < -0.3 is 15.5 Å². The molecule has 266 valence electrons. The number of hydrogen-bond acceptors (Lipinski definition) is 3. The molecule has 0 spiro atoms. The van der Waals surface area contributed by atoms with Gasteiger partial charge in [0.2, 0.25) is 5.91 Å². The maximum atomic E-state index is 12.3. The van der Waals surface area contributed by atoms with E-state index < -0.39 is 12.1 Å². The Morgan fingerprint density at radius 2 is 0.957 bits per heavy atom. The summed E-state index contributed by atoms with van der Waals surface area (Å²) in [6.07, 6.45) is 51.7. The van der Waals surface area contributed by atoms with Crippen molar-refractivity contribution in [3.8, 4) is 0 Å². The van der Waals surface area contributed by atoms with Gasteiger partial charge in [-0.05, 0) is 57.8 Å². The Kier molecular flexibility index (Phi) is 36.0. The molecule has 0 saturated carbocycles. The van der Waals surface area contributed by atoms with E-state index in [4.69, 9.17) is 0 Å². The number of carbonyl (C=O) groups is 1. The van der Waals surface area contributed by atoms with Crippen molar-refractivity contribution in [1.29, 1.82) is 0 Å². The monoisotopic (exact) mass is 642 g/mol. The number of nitrogens with one attached hydrogen (secondary N) is 1. The van der Waals surface area contributed by atoms with E-state index in [9.17, 15) is 15.0 Å². The number of aliphatic hydroxyl groups excluding tert-OH is 2. The lowest BCUT2D eigenvalue weighted by molar-refractivity contribution is -0.123. The van der Waals surface area contributed by atoms with Crippen LogP contribution in [0.2, 0.25) is 0 Å². The molecule has 0 aliphatic heterocycles.